The number of benzene rings is 1. The van der Waals surface area contributed by atoms with Gasteiger partial charge >= 0.3 is 0 Å². The lowest BCUT2D eigenvalue weighted by Crippen LogP contribution is -2.23. The zero-order valence-corrected chi connectivity index (χ0v) is 13.4. The Labute approximate surface area is 142 Å². The molecule has 2 heterocycles. The molecule has 24 heavy (non-hydrogen) atoms. The van der Waals surface area contributed by atoms with Crippen LogP contribution >= 0.6 is 11.3 Å². The summed E-state index contributed by atoms with van der Waals surface area (Å²) in [7, 11) is 0. The molecule has 7 heteroatoms. The first-order valence-corrected chi connectivity index (χ1v) is 8.09. The summed E-state index contributed by atoms with van der Waals surface area (Å²) in [6.45, 7) is 0.371. The van der Waals surface area contributed by atoms with Gasteiger partial charge in [-0.3, -0.25) is 19.9 Å². The molecule has 2 aromatic heterocycles. The van der Waals surface area contributed by atoms with Crippen LogP contribution in [0.3, 0.4) is 0 Å². The predicted octanol–water partition coefficient (Wildman–Crippen LogP) is 2.72. The number of pyridine rings is 1. The summed E-state index contributed by atoms with van der Waals surface area (Å²) in [5.74, 6) is -0.553. The quantitative estimate of drug-likeness (QED) is 0.749. The second-order valence-electron chi connectivity index (χ2n) is 4.90. The van der Waals surface area contributed by atoms with E-state index in [0.717, 1.165) is 5.56 Å². The molecule has 3 rings (SSSR count). The Morgan fingerprint density at radius 3 is 2.62 bits per heavy atom. The topological polar surface area (TPSA) is 84.0 Å². The van der Waals surface area contributed by atoms with E-state index in [1.807, 2.05) is 18.2 Å². The van der Waals surface area contributed by atoms with Gasteiger partial charge in [0.2, 0.25) is 0 Å². The van der Waals surface area contributed by atoms with Crippen LogP contribution in [-0.2, 0) is 6.54 Å². The second-order valence-corrected chi connectivity index (χ2v) is 5.76. The highest BCUT2D eigenvalue weighted by molar-refractivity contribution is 7.14. The molecule has 2 amide bonds. The molecule has 0 saturated heterocycles. The van der Waals surface area contributed by atoms with Crippen LogP contribution in [0, 0.1) is 0 Å². The predicted molar refractivity (Wildman–Crippen MR) is 91.9 cm³/mol. The normalized spacial score (nSPS) is 10.2. The minimum atomic E-state index is -0.296. The van der Waals surface area contributed by atoms with E-state index in [1.165, 1.54) is 11.3 Å². The van der Waals surface area contributed by atoms with E-state index in [0.29, 0.717) is 17.2 Å². The maximum absolute atomic E-state index is 12.1. The molecule has 120 valence electrons. The van der Waals surface area contributed by atoms with Gasteiger partial charge in [-0.15, -0.1) is 11.3 Å². The summed E-state index contributed by atoms with van der Waals surface area (Å²) in [4.78, 5) is 32.3. The van der Waals surface area contributed by atoms with Gasteiger partial charge in [0.15, 0.2) is 5.13 Å². The van der Waals surface area contributed by atoms with Crippen LogP contribution in [0.5, 0.6) is 0 Å². The minimum absolute atomic E-state index is 0.257. The third-order valence-electron chi connectivity index (χ3n) is 3.17. The lowest BCUT2D eigenvalue weighted by atomic mass is 10.2. The fraction of sp³-hybridized carbons (Fsp3) is 0.0588. The smallest absolute Gasteiger partial charge is 0.271 e. The number of amides is 2. The van der Waals surface area contributed by atoms with Crippen molar-refractivity contribution in [1.29, 1.82) is 0 Å². The lowest BCUT2D eigenvalue weighted by molar-refractivity contribution is 0.0945. The van der Waals surface area contributed by atoms with Gasteiger partial charge in [-0.25, -0.2) is 4.98 Å². The summed E-state index contributed by atoms with van der Waals surface area (Å²) >= 11 is 1.21. The zero-order valence-electron chi connectivity index (χ0n) is 12.6. The molecule has 0 fully saturated rings. The number of carbonyl (C=O) groups excluding carboxylic acids is 2. The van der Waals surface area contributed by atoms with Gasteiger partial charge in [0.25, 0.3) is 11.8 Å². The number of thiazole rings is 1. The Hall–Kier alpha value is -3.06. The van der Waals surface area contributed by atoms with Gasteiger partial charge in [-0.2, -0.15) is 0 Å². The van der Waals surface area contributed by atoms with Crippen LogP contribution in [0.2, 0.25) is 0 Å². The standard InChI is InChI=1S/C17H14N4O2S/c22-15(13-6-2-1-3-7-13)21-17-20-14(11-24-17)16(23)19-10-12-5-4-8-18-9-12/h1-9,11H,10H2,(H,19,23)(H,20,21,22). The molecule has 0 unspecified atom stereocenters. The SMILES string of the molecule is O=C(Nc1nc(C(=O)NCc2cccnc2)cs1)c1ccccc1. The number of carbonyl (C=O) groups is 2. The number of nitrogens with zero attached hydrogens (tertiary/aromatic N) is 2. The average molecular weight is 338 g/mol. The molecule has 1 aromatic carbocycles. The van der Waals surface area contributed by atoms with Gasteiger partial charge in [0.1, 0.15) is 5.69 Å². The maximum Gasteiger partial charge on any atom is 0.271 e. The summed E-state index contributed by atoms with van der Waals surface area (Å²) in [6, 6.07) is 12.5. The molecule has 0 aliphatic heterocycles. The first-order valence-electron chi connectivity index (χ1n) is 7.21. The van der Waals surface area contributed by atoms with Crippen molar-refractivity contribution < 1.29 is 9.59 Å². The average Bonchev–Trinajstić information content (AvgIpc) is 3.10. The molecule has 2 N–H and O–H groups in total. The molecule has 6 nitrogen and oxygen atoms in total. The number of rotatable bonds is 5. The van der Waals surface area contributed by atoms with Crippen LogP contribution in [0.25, 0.3) is 0 Å². The van der Waals surface area contributed by atoms with Crippen molar-refractivity contribution in [3.63, 3.8) is 0 Å². The van der Waals surface area contributed by atoms with Crippen molar-refractivity contribution in [3.05, 3.63) is 77.1 Å². The zero-order chi connectivity index (χ0) is 16.8. The number of anilines is 1. The number of hydrogen-bond donors (Lipinski definition) is 2. The molecule has 0 spiro atoms. The highest BCUT2D eigenvalue weighted by atomic mass is 32.1. The molecule has 3 aromatic rings. The summed E-state index contributed by atoms with van der Waals surface area (Å²) < 4.78 is 0. The van der Waals surface area contributed by atoms with Gasteiger partial charge in [0, 0.05) is 29.9 Å². The molecular formula is C17H14N4O2S. The van der Waals surface area contributed by atoms with E-state index >= 15 is 0 Å². The first kappa shape index (κ1) is 15.8. The Kier molecular flexibility index (Phi) is 4.93. The van der Waals surface area contributed by atoms with E-state index < -0.39 is 0 Å². The first-order chi connectivity index (χ1) is 11.7. The van der Waals surface area contributed by atoms with Crippen LogP contribution < -0.4 is 10.6 Å². The monoisotopic (exact) mass is 338 g/mol. The molecule has 0 aliphatic carbocycles. The van der Waals surface area contributed by atoms with E-state index in [-0.39, 0.29) is 17.5 Å². The number of nitrogens with one attached hydrogen (secondary N) is 2. The lowest BCUT2D eigenvalue weighted by Gasteiger charge is -2.03. The maximum atomic E-state index is 12.1. The van der Waals surface area contributed by atoms with Gasteiger partial charge in [0.05, 0.1) is 0 Å². The number of hydrogen-bond acceptors (Lipinski definition) is 5. The van der Waals surface area contributed by atoms with E-state index in [1.54, 1.807) is 42.0 Å². The Bertz CT molecular complexity index is 834. The van der Waals surface area contributed by atoms with Crippen LogP contribution in [0.1, 0.15) is 26.4 Å². The Balaban J connectivity index is 1.58. The van der Waals surface area contributed by atoms with Gasteiger partial charge < -0.3 is 5.32 Å². The second kappa shape index (κ2) is 7.47. The van der Waals surface area contributed by atoms with E-state index in [2.05, 4.69) is 20.6 Å². The van der Waals surface area contributed by atoms with Crippen molar-refractivity contribution in [1.82, 2.24) is 15.3 Å². The molecule has 0 atom stereocenters. The van der Waals surface area contributed by atoms with Crippen LogP contribution in [0.4, 0.5) is 5.13 Å². The molecule has 0 aliphatic rings. The molecule has 0 bridgehead atoms. The largest absolute Gasteiger partial charge is 0.347 e. The highest BCUT2D eigenvalue weighted by Crippen LogP contribution is 2.16. The van der Waals surface area contributed by atoms with E-state index in [4.69, 9.17) is 0 Å². The van der Waals surface area contributed by atoms with Gasteiger partial charge in [-0.05, 0) is 23.8 Å². The van der Waals surface area contributed by atoms with Crippen molar-refractivity contribution >= 4 is 28.3 Å². The van der Waals surface area contributed by atoms with Crippen molar-refractivity contribution in [2.75, 3.05) is 5.32 Å². The summed E-state index contributed by atoms with van der Waals surface area (Å²) in [5, 5.41) is 7.45. The van der Waals surface area contributed by atoms with Crippen LogP contribution in [0.15, 0.2) is 60.2 Å². The highest BCUT2D eigenvalue weighted by Gasteiger charge is 2.13. The number of aromatic nitrogens is 2. The molecule has 0 radical (unpaired) electrons. The van der Waals surface area contributed by atoms with Crippen molar-refractivity contribution in [2.24, 2.45) is 0 Å². The Morgan fingerprint density at radius 1 is 1.04 bits per heavy atom. The van der Waals surface area contributed by atoms with Crippen molar-refractivity contribution in [3.8, 4) is 0 Å². The fourth-order valence-corrected chi connectivity index (χ4v) is 2.66. The summed E-state index contributed by atoms with van der Waals surface area (Å²) in [5.41, 5.74) is 1.71. The Morgan fingerprint density at radius 2 is 1.88 bits per heavy atom. The third-order valence-corrected chi connectivity index (χ3v) is 3.93. The fourth-order valence-electron chi connectivity index (χ4n) is 1.97. The third kappa shape index (κ3) is 4.02. The van der Waals surface area contributed by atoms with Gasteiger partial charge in [-0.1, -0.05) is 24.3 Å². The van der Waals surface area contributed by atoms with E-state index in [9.17, 15) is 9.59 Å². The van der Waals surface area contributed by atoms with Crippen LogP contribution in [-0.4, -0.2) is 21.8 Å². The minimum Gasteiger partial charge on any atom is -0.347 e. The molecular weight excluding hydrogens is 324 g/mol. The van der Waals surface area contributed by atoms with Crippen molar-refractivity contribution in [2.45, 2.75) is 6.54 Å². The molecule has 0 saturated carbocycles. The summed E-state index contributed by atoms with van der Waals surface area (Å²) in [6.07, 6.45) is 3.36.